The molecule has 0 aromatic heterocycles. The summed E-state index contributed by atoms with van der Waals surface area (Å²) in [5, 5.41) is -0.0549. The van der Waals surface area contributed by atoms with Gasteiger partial charge in [0.15, 0.2) is 5.12 Å². The number of ether oxygens (including phenoxy) is 1. The number of esters is 1. The van der Waals surface area contributed by atoms with Gasteiger partial charge in [-0.15, -0.1) is 0 Å². The molecule has 1 atom stereocenters. The first kappa shape index (κ1) is 16.0. The minimum Gasteiger partial charge on any atom is -0.465 e. The van der Waals surface area contributed by atoms with Gasteiger partial charge in [-0.1, -0.05) is 17.8 Å². The van der Waals surface area contributed by atoms with E-state index in [1.165, 1.54) is 25.8 Å². The molecule has 1 unspecified atom stereocenters. The molecule has 1 aromatic rings. The monoisotopic (exact) mass is 371 g/mol. The van der Waals surface area contributed by atoms with E-state index < -0.39 is 5.97 Å². The molecular weight excluding hydrogens is 358 g/mol. The van der Waals surface area contributed by atoms with Crippen molar-refractivity contribution in [1.82, 2.24) is 0 Å². The molecule has 5 nitrogen and oxygen atoms in total. The summed E-state index contributed by atoms with van der Waals surface area (Å²) >= 11 is 4.54. The molecule has 2 rings (SSSR count). The number of thioether (sulfide) groups is 1. The highest BCUT2D eigenvalue weighted by Gasteiger charge is 2.33. The maximum atomic E-state index is 12.1. The lowest BCUT2D eigenvalue weighted by Gasteiger charge is -2.19. The fourth-order valence-corrected chi connectivity index (χ4v) is 3.78. The van der Waals surface area contributed by atoms with Crippen molar-refractivity contribution in [2.24, 2.45) is 0 Å². The Morgan fingerprint density at radius 3 is 2.76 bits per heavy atom. The van der Waals surface area contributed by atoms with E-state index in [4.69, 9.17) is 4.74 Å². The van der Waals surface area contributed by atoms with E-state index in [0.29, 0.717) is 28.7 Å². The quantitative estimate of drug-likeness (QED) is 0.764. The number of methoxy groups -OCH3 is 1. The van der Waals surface area contributed by atoms with Crippen molar-refractivity contribution in [3.63, 3.8) is 0 Å². The van der Waals surface area contributed by atoms with Crippen LogP contribution in [0.5, 0.6) is 0 Å². The fourth-order valence-electron chi connectivity index (χ4n) is 2.22. The minimum atomic E-state index is -0.468. The SMILES string of the molecule is COC(=O)c1cccc(N2CC(SC(C)=O)CC2=O)c1Br. The van der Waals surface area contributed by atoms with E-state index in [2.05, 4.69) is 15.9 Å². The van der Waals surface area contributed by atoms with Crippen LogP contribution in [0.25, 0.3) is 0 Å². The first-order valence-corrected chi connectivity index (χ1v) is 7.95. The number of carbonyl (C=O) groups excluding carboxylic acids is 3. The largest absolute Gasteiger partial charge is 0.465 e. The predicted molar refractivity (Wildman–Crippen MR) is 84.5 cm³/mol. The molecule has 1 fully saturated rings. The second kappa shape index (κ2) is 6.62. The second-order valence-electron chi connectivity index (χ2n) is 4.57. The number of rotatable bonds is 3. The smallest absolute Gasteiger partial charge is 0.339 e. The zero-order valence-corrected chi connectivity index (χ0v) is 14.0. The molecule has 112 valence electrons. The molecule has 21 heavy (non-hydrogen) atoms. The van der Waals surface area contributed by atoms with Gasteiger partial charge in [0.2, 0.25) is 5.91 Å². The zero-order chi connectivity index (χ0) is 15.6. The van der Waals surface area contributed by atoms with Gasteiger partial charge in [0, 0.05) is 25.1 Å². The molecule has 1 aliphatic heterocycles. The third-order valence-corrected chi connectivity index (χ3v) is 4.91. The molecule has 1 heterocycles. The van der Waals surface area contributed by atoms with E-state index in [1.807, 2.05) is 0 Å². The van der Waals surface area contributed by atoms with Crippen LogP contribution >= 0.6 is 27.7 Å². The summed E-state index contributed by atoms with van der Waals surface area (Å²) in [6, 6.07) is 5.09. The molecule has 1 saturated heterocycles. The molecule has 1 aromatic carbocycles. The van der Waals surface area contributed by atoms with Crippen LogP contribution in [0.4, 0.5) is 5.69 Å². The average molecular weight is 372 g/mol. The zero-order valence-electron chi connectivity index (χ0n) is 11.6. The Morgan fingerprint density at radius 2 is 2.14 bits per heavy atom. The topological polar surface area (TPSA) is 63.7 Å². The highest BCUT2D eigenvalue weighted by Crippen LogP contribution is 2.35. The Kier molecular flexibility index (Phi) is 5.05. The predicted octanol–water partition coefficient (Wildman–Crippen LogP) is 2.62. The van der Waals surface area contributed by atoms with Gasteiger partial charge in [0.25, 0.3) is 0 Å². The van der Waals surface area contributed by atoms with Crippen LogP contribution in [0.3, 0.4) is 0 Å². The standard InChI is InChI=1S/C14H14BrNO4S/c1-8(17)21-9-6-12(18)16(7-9)11-5-3-4-10(13(11)15)14(19)20-2/h3-5,9H,6-7H2,1-2H3. The lowest BCUT2D eigenvalue weighted by atomic mass is 10.2. The van der Waals surface area contributed by atoms with Gasteiger partial charge in [0.1, 0.15) is 0 Å². The number of benzene rings is 1. The summed E-state index contributed by atoms with van der Waals surface area (Å²) in [4.78, 5) is 36.6. The van der Waals surface area contributed by atoms with Crippen molar-refractivity contribution in [1.29, 1.82) is 0 Å². The van der Waals surface area contributed by atoms with Gasteiger partial charge in [-0.3, -0.25) is 9.59 Å². The Hall–Kier alpha value is -1.34. The number of halogens is 1. The van der Waals surface area contributed by atoms with E-state index in [-0.39, 0.29) is 16.3 Å². The maximum absolute atomic E-state index is 12.1. The number of hydrogen-bond acceptors (Lipinski definition) is 5. The Bertz CT molecular complexity index is 605. The van der Waals surface area contributed by atoms with Crippen LogP contribution in [0.1, 0.15) is 23.7 Å². The number of nitrogens with zero attached hydrogens (tertiary/aromatic N) is 1. The highest BCUT2D eigenvalue weighted by molar-refractivity contribution is 9.10. The third kappa shape index (κ3) is 3.47. The molecule has 0 radical (unpaired) electrons. The summed E-state index contributed by atoms with van der Waals surface area (Å²) in [6.07, 6.45) is 0.319. The fraction of sp³-hybridized carbons (Fsp3) is 0.357. The van der Waals surface area contributed by atoms with E-state index in [9.17, 15) is 14.4 Å². The van der Waals surface area contributed by atoms with Crippen molar-refractivity contribution in [3.05, 3.63) is 28.2 Å². The highest BCUT2D eigenvalue weighted by atomic mass is 79.9. The van der Waals surface area contributed by atoms with Crippen LogP contribution in [0.15, 0.2) is 22.7 Å². The van der Waals surface area contributed by atoms with Gasteiger partial charge in [-0.2, -0.15) is 0 Å². The molecular formula is C14H14BrNO4S. The van der Waals surface area contributed by atoms with Crippen molar-refractivity contribution < 1.29 is 19.1 Å². The second-order valence-corrected chi connectivity index (χ2v) is 6.84. The van der Waals surface area contributed by atoms with E-state index in [1.54, 1.807) is 23.1 Å². The summed E-state index contributed by atoms with van der Waals surface area (Å²) < 4.78 is 5.24. The van der Waals surface area contributed by atoms with Gasteiger partial charge in [-0.05, 0) is 28.1 Å². The first-order chi connectivity index (χ1) is 9.93. The van der Waals surface area contributed by atoms with E-state index in [0.717, 1.165) is 0 Å². The molecule has 0 aliphatic carbocycles. The molecule has 0 bridgehead atoms. The Labute approximate surface area is 135 Å². The van der Waals surface area contributed by atoms with Gasteiger partial charge < -0.3 is 9.64 Å². The first-order valence-electron chi connectivity index (χ1n) is 6.28. The lowest BCUT2D eigenvalue weighted by molar-refractivity contribution is -0.117. The molecule has 1 aliphatic rings. The lowest BCUT2D eigenvalue weighted by Crippen LogP contribution is -2.25. The normalized spacial score (nSPS) is 18.0. The molecule has 7 heteroatoms. The Morgan fingerprint density at radius 1 is 1.43 bits per heavy atom. The summed E-state index contributed by atoms with van der Waals surface area (Å²) in [5.74, 6) is -0.526. The summed E-state index contributed by atoms with van der Waals surface area (Å²) in [5.41, 5.74) is 0.986. The minimum absolute atomic E-state index is 0.00275. The van der Waals surface area contributed by atoms with Crippen LogP contribution in [0, 0.1) is 0 Å². The number of anilines is 1. The van der Waals surface area contributed by atoms with Gasteiger partial charge >= 0.3 is 5.97 Å². The number of carbonyl (C=O) groups is 3. The van der Waals surface area contributed by atoms with Crippen molar-refractivity contribution >= 4 is 50.4 Å². The number of amides is 1. The van der Waals surface area contributed by atoms with Crippen molar-refractivity contribution in [2.45, 2.75) is 18.6 Å². The van der Waals surface area contributed by atoms with Gasteiger partial charge in [0.05, 0.1) is 22.8 Å². The van der Waals surface area contributed by atoms with Crippen molar-refractivity contribution in [2.75, 3.05) is 18.6 Å². The third-order valence-electron chi connectivity index (χ3n) is 3.10. The summed E-state index contributed by atoms with van der Waals surface area (Å²) in [7, 11) is 1.31. The molecule has 0 N–H and O–H groups in total. The van der Waals surface area contributed by atoms with Crippen molar-refractivity contribution in [3.8, 4) is 0 Å². The summed E-state index contributed by atoms with van der Waals surface area (Å²) in [6.45, 7) is 1.94. The van der Waals surface area contributed by atoms with Crippen LogP contribution in [0.2, 0.25) is 0 Å². The van der Waals surface area contributed by atoms with E-state index >= 15 is 0 Å². The van der Waals surface area contributed by atoms with Crippen LogP contribution in [-0.4, -0.2) is 35.9 Å². The van der Waals surface area contributed by atoms with Crippen LogP contribution in [-0.2, 0) is 14.3 Å². The van der Waals surface area contributed by atoms with Crippen LogP contribution < -0.4 is 4.90 Å². The molecule has 1 amide bonds. The maximum Gasteiger partial charge on any atom is 0.339 e. The number of hydrogen-bond donors (Lipinski definition) is 0. The van der Waals surface area contributed by atoms with Gasteiger partial charge in [-0.25, -0.2) is 4.79 Å². The molecule has 0 saturated carbocycles. The average Bonchev–Trinajstić information content (AvgIpc) is 2.78. The molecule has 0 spiro atoms. The Balaban J connectivity index is 2.28.